The second kappa shape index (κ2) is 9.78. The van der Waals surface area contributed by atoms with E-state index in [0.29, 0.717) is 5.56 Å². The van der Waals surface area contributed by atoms with Crippen molar-refractivity contribution in [3.05, 3.63) is 58.6 Å². The van der Waals surface area contributed by atoms with Crippen LogP contribution in [0.1, 0.15) is 16.6 Å². The summed E-state index contributed by atoms with van der Waals surface area (Å²) in [7, 11) is 1.36. The summed E-state index contributed by atoms with van der Waals surface area (Å²) in [5.74, 6) is -0.313. The zero-order chi connectivity index (χ0) is 18.9. The number of hydrogen-bond acceptors (Lipinski definition) is 7. The average Bonchev–Trinajstić information content (AvgIpc) is 2.66. The lowest BCUT2D eigenvalue weighted by Crippen LogP contribution is -2.38. The van der Waals surface area contributed by atoms with E-state index in [2.05, 4.69) is 10.3 Å². The van der Waals surface area contributed by atoms with Crippen LogP contribution in [0.3, 0.4) is 0 Å². The quantitative estimate of drug-likeness (QED) is 0.573. The smallest absolute Gasteiger partial charge is 0.351 e. The first-order chi connectivity index (χ1) is 12.6. The number of hydrogen-bond donors (Lipinski definition) is 3. The highest BCUT2D eigenvalue weighted by Gasteiger charge is 2.24. The van der Waals surface area contributed by atoms with E-state index in [1.54, 1.807) is 30.3 Å². The Balaban J connectivity index is 2.21. The third-order valence-corrected chi connectivity index (χ3v) is 3.56. The molecule has 2 atom stereocenters. The van der Waals surface area contributed by atoms with Crippen LogP contribution in [0.2, 0.25) is 0 Å². The molecule has 1 heterocycles. The Morgan fingerprint density at radius 1 is 1.27 bits per heavy atom. The Morgan fingerprint density at radius 2 is 2.00 bits per heavy atom. The number of methoxy groups -OCH3 is 1. The summed E-state index contributed by atoms with van der Waals surface area (Å²) < 4.78 is 11.6. The molecular weight excluding hydrogens is 342 g/mol. The molecule has 0 spiro atoms. The molecule has 0 unspecified atom stereocenters. The van der Waals surface area contributed by atoms with Crippen molar-refractivity contribution in [2.45, 2.75) is 12.3 Å². The number of aromatic nitrogens is 2. The van der Waals surface area contributed by atoms with Crippen molar-refractivity contribution >= 4 is 11.7 Å². The Bertz CT molecular complexity index is 761. The van der Waals surface area contributed by atoms with Crippen molar-refractivity contribution in [1.82, 2.24) is 9.55 Å². The molecule has 2 aromatic rings. The first kappa shape index (κ1) is 19.7. The number of carbonyl (C=O) groups excluding carboxylic acids is 1. The van der Waals surface area contributed by atoms with Crippen molar-refractivity contribution in [3.63, 3.8) is 0 Å². The predicted octanol–water partition coefficient (Wildman–Crippen LogP) is 0.0104. The summed E-state index contributed by atoms with van der Waals surface area (Å²) in [5, 5.41) is 20.9. The zero-order valence-corrected chi connectivity index (χ0v) is 14.2. The first-order valence-corrected chi connectivity index (χ1v) is 7.92. The van der Waals surface area contributed by atoms with Crippen molar-refractivity contribution in [2.24, 2.45) is 0 Å². The van der Waals surface area contributed by atoms with Gasteiger partial charge in [-0.25, -0.2) is 4.79 Å². The lowest BCUT2D eigenvalue weighted by Gasteiger charge is -2.26. The van der Waals surface area contributed by atoms with Crippen LogP contribution in [0, 0.1) is 0 Å². The summed E-state index contributed by atoms with van der Waals surface area (Å²) in [6, 6.07) is 9.95. The minimum atomic E-state index is -0.976. The number of aliphatic hydroxyl groups excluding tert-OH is 2. The fourth-order valence-electron chi connectivity index (χ4n) is 2.28. The molecule has 1 aromatic heterocycles. The highest BCUT2D eigenvalue weighted by atomic mass is 16.6. The molecule has 140 valence electrons. The number of nitrogens with one attached hydrogen (secondary N) is 1. The lowest BCUT2D eigenvalue weighted by atomic mass is 10.2. The van der Waals surface area contributed by atoms with Gasteiger partial charge in [-0.05, 0) is 18.2 Å². The van der Waals surface area contributed by atoms with E-state index in [0.717, 1.165) is 4.57 Å². The number of aliphatic hydroxyl groups is 2. The third-order valence-electron chi connectivity index (χ3n) is 3.56. The number of anilines is 1. The molecule has 0 radical (unpaired) electrons. The summed E-state index contributed by atoms with van der Waals surface area (Å²) in [4.78, 5) is 28.3. The van der Waals surface area contributed by atoms with Gasteiger partial charge in [-0.3, -0.25) is 9.36 Å². The minimum Gasteiger partial charge on any atom is -0.394 e. The maximum atomic E-state index is 12.3. The summed E-state index contributed by atoms with van der Waals surface area (Å²) >= 11 is 0. The standard InChI is InChI=1S/C17H21N3O6/c1-25-13(11-22)16(26-10-9-21)20-8-7-14(19-17(20)24)18-15(23)12-5-3-2-4-6-12/h2-8,13,16,21-22H,9-11H2,1H3,(H,18,19,23,24)/t13-,16-/m1/s1. The average molecular weight is 363 g/mol. The Hall–Kier alpha value is -2.59. The van der Waals surface area contributed by atoms with Gasteiger partial charge >= 0.3 is 5.69 Å². The van der Waals surface area contributed by atoms with Gasteiger partial charge in [0.1, 0.15) is 11.9 Å². The number of benzene rings is 1. The van der Waals surface area contributed by atoms with Crippen molar-refractivity contribution in [3.8, 4) is 0 Å². The maximum absolute atomic E-state index is 12.3. The van der Waals surface area contributed by atoms with Crippen LogP contribution in [-0.2, 0) is 9.47 Å². The van der Waals surface area contributed by atoms with Crippen molar-refractivity contribution in [1.29, 1.82) is 0 Å². The Kier molecular flexibility index (Phi) is 7.42. The van der Waals surface area contributed by atoms with E-state index in [9.17, 15) is 14.7 Å². The van der Waals surface area contributed by atoms with Gasteiger partial charge in [-0.2, -0.15) is 4.98 Å². The van der Waals surface area contributed by atoms with Crippen LogP contribution in [0.4, 0.5) is 5.82 Å². The van der Waals surface area contributed by atoms with Crippen LogP contribution >= 0.6 is 0 Å². The Morgan fingerprint density at radius 3 is 2.58 bits per heavy atom. The van der Waals surface area contributed by atoms with Crippen LogP contribution < -0.4 is 11.0 Å². The van der Waals surface area contributed by atoms with E-state index >= 15 is 0 Å². The van der Waals surface area contributed by atoms with Gasteiger partial charge in [0, 0.05) is 18.9 Å². The molecular formula is C17H21N3O6. The SMILES string of the molecule is CO[C@H](CO)[C@@H](OCCO)n1ccc(NC(=O)c2ccccc2)nc1=O. The normalized spacial score (nSPS) is 13.2. The number of amides is 1. The highest BCUT2D eigenvalue weighted by Crippen LogP contribution is 2.15. The lowest BCUT2D eigenvalue weighted by molar-refractivity contribution is -0.120. The molecule has 0 aliphatic rings. The second-order valence-corrected chi connectivity index (χ2v) is 5.26. The van der Waals surface area contributed by atoms with Gasteiger partial charge in [-0.1, -0.05) is 18.2 Å². The fraction of sp³-hybridized carbons (Fsp3) is 0.353. The molecule has 0 saturated carbocycles. The zero-order valence-electron chi connectivity index (χ0n) is 14.2. The highest BCUT2D eigenvalue weighted by molar-refractivity contribution is 6.03. The second-order valence-electron chi connectivity index (χ2n) is 5.26. The minimum absolute atomic E-state index is 0.0521. The molecule has 9 nitrogen and oxygen atoms in total. The summed E-state index contributed by atoms with van der Waals surface area (Å²) in [5.41, 5.74) is -0.267. The van der Waals surface area contributed by atoms with E-state index in [1.165, 1.54) is 19.4 Å². The van der Waals surface area contributed by atoms with Crippen LogP contribution in [0.15, 0.2) is 47.4 Å². The third kappa shape index (κ3) is 4.96. The number of carbonyl (C=O) groups is 1. The molecule has 2 rings (SSSR count). The molecule has 9 heteroatoms. The summed E-state index contributed by atoms with van der Waals surface area (Å²) in [6.07, 6.45) is -0.429. The van der Waals surface area contributed by atoms with E-state index in [-0.39, 0.29) is 19.0 Å². The molecule has 0 fully saturated rings. The van der Waals surface area contributed by atoms with Crippen molar-refractivity contribution in [2.75, 3.05) is 32.2 Å². The Labute approximate surface area is 149 Å². The van der Waals surface area contributed by atoms with Gasteiger partial charge in [0.15, 0.2) is 6.23 Å². The molecule has 26 heavy (non-hydrogen) atoms. The van der Waals surface area contributed by atoms with Gasteiger partial charge in [0.25, 0.3) is 5.91 Å². The molecule has 0 aliphatic heterocycles. The largest absolute Gasteiger partial charge is 0.394 e. The summed E-state index contributed by atoms with van der Waals surface area (Å²) in [6.45, 7) is -0.708. The number of ether oxygens (including phenoxy) is 2. The van der Waals surface area contributed by atoms with Gasteiger partial charge in [0.2, 0.25) is 0 Å². The molecule has 0 bridgehead atoms. The molecule has 1 amide bonds. The first-order valence-electron chi connectivity index (χ1n) is 7.92. The molecule has 0 aliphatic carbocycles. The maximum Gasteiger partial charge on any atom is 0.351 e. The van der Waals surface area contributed by atoms with Gasteiger partial charge in [-0.15, -0.1) is 0 Å². The van der Waals surface area contributed by atoms with Crippen LogP contribution in [-0.4, -0.2) is 58.7 Å². The van der Waals surface area contributed by atoms with Gasteiger partial charge < -0.3 is 25.0 Å². The van der Waals surface area contributed by atoms with Crippen LogP contribution in [0.5, 0.6) is 0 Å². The number of rotatable bonds is 9. The van der Waals surface area contributed by atoms with E-state index in [4.69, 9.17) is 14.6 Å². The fourth-order valence-corrected chi connectivity index (χ4v) is 2.28. The topological polar surface area (TPSA) is 123 Å². The van der Waals surface area contributed by atoms with Crippen molar-refractivity contribution < 1.29 is 24.5 Å². The van der Waals surface area contributed by atoms with Gasteiger partial charge in [0.05, 0.1) is 19.8 Å². The van der Waals surface area contributed by atoms with E-state index in [1.807, 2.05) is 0 Å². The monoisotopic (exact) mass is 363 g/mol. The predicted molar refractivity (Wildman–Crippen MR) is 92.8 cm³/mol. The van der Waals surface area contributed by atoms with Crippen LogP contribution in [0.25, 0.3) is 0 Å². The molecule has 1 aromatic carbocycles. The number of nitrogens with zero attached hydrogens (tertiary/aromatic N) is 2. The van der Waals surface area contributed by atoms with E-state index < -0.39 is 30.5 Å². The molecule has 3 N–H and O–H groups in total. The molecule has 0 saturated heterocycles.